The smallest absolute Gasteiger partial charge is 0.159 e. The first kappa shape index (κ1) is 16.4. The van der Waals surface area contributed by atoms with Crippen LogP contribution in [0, 0.1) is 11.3 Å². The van der Waals surface area contributed by atoms with Gasteiger partial charge in [0.2, 0.25) is 0 Å². The summed E-state index contributed by atoms with van der Waals surface area (Å²) in [6.07, 6.45) is 13.2. The quantitative estimate of drug-likeness (QED) is 0.798. The van der Waals surface area contributed by atoms with Crippen molar-refractivity contribution in [3.63, 3.8) is 0 Å². The van der Waals surface area contributed by atoms with E-state index < -0.39 is 0 Å². The highest BCUT2D eigenvalue weighted by atomic mass is 14.8. The van der Waals surface area contributed by atoms with E-state index in [9.17, 15) is 0 Å². The van der Waals surface area contributed by atoms with E-state index in [0.29, 0.717) is 5.57 Å². The van der Waals surface area contributed by atoms with Crippen LogP contribution in [0.5, 0.6) is 0 Å². The second-order valence-electron chi connectivity index (χ2n) is 4.70. The summed E-state index contributed by atoms with van der Waals surface area (Å²) in [5.74, 6) is 0.905. The topological polar surface area (TPSA) is 49.6 Å². The van der Waals surface area contributed by atoms with Crippen molar-refractivity contribution in [1.29, 1.82) is 5.26 Å². The fourth-order valence-electron chi connectivity index (χ4n) is 2.21. The van der Waals surface area contributed by atoms with Gasteiger partial charge in [-0.2, -0.15) is 5.26 Å². The third kappa shape index (κ3) is 4.24. The molecular weight excluding hydrogens is 282 g/mol. The van der Waals surface area contributed by atoms with Crippen molar-refractivity contribution in [2.24, 2.45) is 0 Å². The zero-order chi connectivity index (χ0) is 16.5. The largest absolute Gasteiger partial charge is 0.237 e. The summed E-state index contributed by atoms with van der Waals surface area (Å²) in [6, 6.07) is 12.1. The summed E-state index contributed by atoms with van der Waals surface area (Å²) in [5.41, 5.74) is 2.84. The molecule has 0 N–H and O–H groups in total. The first-order chi connectivity index (χ1) is 11.4. The van der Waals surface area contributed by atoms with Crippen LogP contribution in [-0.2, 0) is 0 Å². The number of nitriles is 1. The van der Waals surface area contributed by atoms with E-state index in [0.717, 1.165) is 11.4 Å². The first-order valence-corrected chi connectivity index (χ1v) is 7.71. The lowest BCUT2D eigenvalue weighted by Gasteiger charge is -2.08. The number of aromatic nitrogens is 2. The summed E-state index contributed by atoms with van der Waals surface area (Å²) in [7, 11) is 0. The molecule has 1 atom stereocenters. The average Bonchev–Trinajstić information content (AvgIpc) is 2.90. The Morgan fingerprint density at radius 2 is 1.70 bits per heavy atom. The van der Waals surface area contributed by atoms with E-state index in [-0.39, 0.29) is 5.92 Å². The first-order valence-electron chi connectivity index (χ1n) is 7.71. The van der Waals surface area contributed by atoms with Crippen molar-refractivity contribution in [3.8, 4) is 17.5 Å². The van der Waals surface area contributed by atoms with Gasteiger partial charge in [-0.25, -0.2) is 9.97 Å². The second kappa shape index (κ2) is 8.45. The highest BCUT2D eigenvalue weighted by Crippen LogP contribution is 2.24. The van der Waals surface area contributed by atoms with Gasteiger partial charge >= 0.3 is 0 Å². The van der Waals surface area contributed by atoms with Crippen LogP contribution < -0.4 is 0 Å². The number of allylic oxidation sites excluding steroid dienone is 6. The number of rotatable bonds is 2. The van der Waals surface area contributed by atoms with Gasteiger partial charge in [0.1, 0.15) is 0 Å². The van der Waals surface area contributed by atoms with Gasteiger partial charge in [-0.15, -0.1) is 0 Å². The normalized spacial score (nSPS) is 15.7. The van der Waals surface area contributed by atoms with Gasteiger partial charge in [0.25, 0.3) is 0 Å². The molecule has 114 valence electrons. The van der Waals surface area contributed by atoms with E-state index in [1.807, 2.05) is 50.3 Å². The Morgan fingerprint density at radius 1 is 1.00 bits per heavy atom. The molecule has 23 heavy (non-hydrogen) atoms. The van der Waals surface area contributed by atoms with Crippen LogP contribution in [0.3, 0.4) is 0 Å². The molecule has 0 amide bonds. The molecule has 1 aliphatic carbocycles. The molecule has 0 saturated heterocycles. The van der Waals surface area contributed by atoms with E-state index >= 15 is 0 Å². The third-order valence-corrected chi connectivity index (χ3v) is 3.33. The zero-order valence-corrected chi connectivity index (χ0v) is 13.3. The summed E-state index contributed by atoms with van der Waals surface area (Å²) in [5, 5.41) is 8.92. The van der Waals surface area contributed by atoms with Crippen molar-refractivity contribution in [2.45, 2.75) is 19.8 Å². The highest BCUT2D eigenvalue weighted by Gasteiger charge is 2.07. The molecule has 2 aromatic rings. The number of nitrogens with zero attached hydrogens (tertiary/aromatic N) is 3. The average molecular weight is 301 g/mol. The van der Waals surface area contributed by atoms with Gasteiger partial charge in [-0.05, 0) is 23.8 Å². The molecule has 0 bridgehead atoms. The van der Waals surface area contributed by atoms with Crippen molar-refractivity contribution < 1.29 is 0 Å². The van der Waals surface area contributed by atoms with E-state index in [1.54, 1.807) is 18.5 Å². The Kier molecular flexibility index (Phi) is 6.02. The molecule has 3 nitrogen and oxygen atoms in total. The molecule has 3 heteroatoms. The van der Waals surface area contributed by atoms with Crippen molar-refractivity contribution >= 4 is 0 Å². The van der Waals surface area contributed by atoms with Gasteiger partial charge in [0, 0.05) is 23.9 Å². The van der Waals surface area contributed by atoms with Gasteiger partial charge < -0.3 is 0 Å². The van der Waals surface area contributed by atoms with Crippen LogP contribution in [0.2, 0.25) is 0 Å². The predicted octanol–water partition coefficient (Wildman–Crippen LogP) is 4.83. The summed E-state index contributed by atoms with van der Waals surface area (Å²) in [6.45, 7) is 4.00. The molecule has 3 rings (SSSR count). The fraction of sp³-hybridized carbons (Fsp3) is 0.150. The molecule has 0 spiro atoms. The molecule has 0 saturated carbocycles. The number of hydrogen-bond donors (Lipinski definition) is 0. The lowest BCUT2D eigenvalue weighted by molar-refractivity contribution is 1.08. The van der Waals surface area contributed by atoms with Crippen molar-refractivity contribution in [1.82, 2.24) is 9.97 Å². The minimum Gasteiger partial charge on any atom is -0.237 e. The van der Waals surface area contributed by atoms with Crippen LogP contribution in [0.1, 0.15) is 25.3 Å². The molecule has 1 heterocycles. The Bertz CT molecular complexity index is 748. The van der Waals surface area contributed by atoms with Crippen LogP contribution in [0.15, 0.2) is 78.7 Å². The molecule has 1 aliphatic rings. The predicted molar refractivity (Wildman–Crippen MR) is 93.5 cm³/mol. The fourth-order valence-corrected chi connectivity index (χ4v) is 2.21. The Morgan fingerprint density at radius 3 is 2.35 bits per heavy atom. The Balaban J connectivity index is 0.000000924. The lowest BCUT2D eigenvalue weighted by atomic mass is 9.97. The standard InChI is InChI=1S/C18H13N3.C2H6/c19-13-14-3-1-4-15(6-5-14)16-7-9-17(10-8-16)18-20-11-2-12-21-18;1-2/h1-12,15H;1-2H3. The summed E-state index contributed by atoms with van der Waals surface area (Å²) >= 11 is 0. The minimum absolute atomic E-state index is 0.179. The van der Waals surface area contributed by atoms with Gasteiger partial charge in [0.05, 0.1) is 11.6 Å². The minimum atomic E-state index is 0.179. The SMILES string of the molecule is CC.N#CC1=CC=CC(c2ccc(-c3ncccn3)cc2)C=C1. The molecule has 0 radical (unpaired) electrons. The van der Waals surface area contributed by atoms with Crippen molar-refractivity contribution in [3.05, 3.63) is 84.2 Å². The Hall–Kier alpha value is -2.99. The number of benzene rings is 1. The monoisotopic (exact) mass is 301 g/mol. The van der Waals surface area contributed by atoms with Gasteiger partial charge in [-0.1, -0.05) is 56.3 Å². The molecule has 0 aliphatic heterocycles. The van der Waals surface area contributed by atoms with E-state index in [2.05, 4.69) is 34.2 Å². The second-order valence-corrected chi connectivity index (χ2v) is 4.70. The Labute approximate surface area is 137 Å². The molecule has 1 aromatic heterocycles. The number of hydrogen-bond acceptors (Lipinski definition) is 3. The van der Waals surface area contributed by atoms with Crippen LogP contribution in [0.25, 0.3) is 11.4 Å². The maximum Gasteiger partial charge on any atom is 0.159 e. The third-order valence-electron chi connectivity index (χ3n) is 3.33. The van der Waals surface area contributed by atoms with Crippen LogP contribution in [0.4, 0.5) is 0 Å². The van der Waals surface area contributed by atoms with E-state index in [4.69, 9.17) is 5.26 Å². The zero-order valence-electron chi connectivity index (χ0n) is 13.3. The summed E-state index contributed by atoms with van der Waals surface area (Å²) in [4.78, 5) is 8.49. The van der Waals surface area contributed by atoms with Crippen LogP contribution >= 0.6 is 0 Å². The molecular formula is C20H19N3. The van der Waals surface area contributed by atoms with Crippen LogP contribution in [-0.4, -0.2) is 9.97 Å². The maximum atomic E-state index is 8.92. The lowest BCUT2D eigenvalue weighted by Crippen LogP contribution is -1.92. The highest BCUT2D eigenvalue weighted by molar-refractivity contribution is 5.55. The molecule has 1 unspecified atom stereocenters. The molecule has 1 aromatic carbocycles. The van der Waals surface area contributed by atoms with Crippen molar-refractivity contribution in [2.75, 3.05) is 0 Å². The van der Waals surface area contributed by atoms with Gasteiger partial charge in [0.15, 0.2) is 5.82 Å². The van der Waals surface area contributed by atoms with E-state index in [1.165, 1.54) is 5.56 Å². The van der Waals surface area contributed by atoms with Gasteiger partial charge in [-0.3, -0.25) is 0 Å². The maximum absolute atomic E-state index is 8.92. The molecule has 0 fully saturated rings. The summed E-state index contributed by atoms with van der Waals surface area (Å²) < 4.78 is 0.